The average molecular weight is 236 g/mol. The molecular formula is C11H16N4S. The van der Waals surface area contributed by atoms with E-state index in [0.29, 0.717) is 12.5 Å². The Kier molecular flexibility index (Phi) is 3.69. The van der Waals surface area contributed by atoms with Crippen LogP contribution in [0.3, 0.4) is 0 Å². The van der Waals surface area contributed by atoms with Crippen LogP contribution in [0.5, 0.6) is 0 Å². The zero-order valence-electron chi connectivity index (χ0n) is 9.31. The third-order valence-electron chi connectivity index (χ3n) is 2.57. The van der Waals surface area contributed by atoms with Gasteiger partial charge < -0.3 is 10.7 Å². The summed E-state index contributed by atoms with van der Waals surface area (Å²) in [6.07, 6.45) is 5.83. The van der Waals surface area contributed by atoms with E-state index in [9.17, 15) is 0 Å². The molecule has 86 valence electrons. The Hall–Kier alpha value is -1.20. The molecule has 0 radical (unpaired) electrons. The van der Waals surface area contributed by atoms with Gasteiger partial charge in [0.15, 0.2) is 0 Å². The predicted octanol–water partition coefficient (Wildman–Crippen LogP) is 2.38. The van der Waals surface area contributed by atoms with E-state index in [1.807, 2.05) is 11.6 Å². The van der Waals surface area contributed by atoms with Crippen LogP contribution >= 0.6 is 11.3 Å². The first-order chi connectivity index (χ1) is 7.85. The van der Waals surface area contributed by atoms with Gasteiger partial charge in [-0.3, -0.25) is 0 Å². The standard InChI is InChI=1S/C11H16N4S/c1-2-3-8(6-12)10-14-7-9(15-10)11-13-4-5-16-11/h4-5,7-8H,2-3,6,12H2,1H3,(H,14,15). The summed E-state index contributed by atoms with van der Waals surface area (Å²) in [7, 11) is 0. The number of aromatic amines is 1. The summed E-state index contributed by atoms with van der Waals surface area (Å²) in [6.45, 7) is 2.80. The number of thiazole rings is 1. The molecule has 2 aromatic rings. The number of aromatic nitrogens is 3. The Labute approximate surface area is 98.9 Å². The fraction of sp³-hybridized carbons (Fsp3) is 0.455. The third kappa shape index (κ3) is 2.31. The molecule has 0 saturated heterocycles. The maximum Gasteiger partial charge on any atom is 0.141 e. The number of hydrogen-bond donors (Lipinski definition) is 2. The van der Waals surface area contributed by atoms with Crippen molar-refractivity contribution in [3.63, 3.8) is 0 Å². The normalized spacial score (nSPS) is 12.9. The van der Waals surface area contributed by atoms with E-state index in [-0.39, 0.29) is 0 Å². The van der Waals surface area contributed by atoms with Crippen LogP contribution in [0.1, 0.15) is 31.5 Å². The number of nitrogens with one attached hydrogen (secondary N) is 1. The van der Waals surface area contributed by atoms with Gasteiger partial charge in [-0.25, -0.2) is 9.97 Å². The second-order valence-electron chi connectivity index (χ2n) is 3.74. The number of imidazole rings is 1. The van der Waals surface area contributed by atoms with Crippen LogP contribution in [-0.4, -0.2) is 21.5 Å². The molecule has 5 heteroatoms. The van der Waals surface area contributed by atoms with Crippen molar-refractivity contribution in [1.82, 2.24) is 15.0 Å². The highest BCUT2D eigenvalue weighted by Gasteiger charge is 2.13. The zero-order chi connectivity index (χ0) is 11.4. The summed E-state index contributed by atoms with van der Waals surface area (Å²) >= 11 is 1.61. The van der Waals surface area contributed by atoms with Crippen molar-refractivity contribution >= 4 is 11.3 Å². The zero-order valence-corrected chi connectivity index (χ0v) is 10.1. The van der Waals surface area contributed by atoms with E-state index in [1.165, 1.54) is 0 Å². The molecule has 2 aromatic heterocycles. The van der Waals surface area contributed by atoms with E-state index in [0.717, 1.165) is 29.4 Å². The van der Waals surface area contributed by atoms with Gasteiger partial charge in [0.2, 0.25) is 0 Å². The van der Waals surface area contributed by atoms with Crippen LogP contribution < -0.4 is 5.73 Å². The molecule has 4 nitrogen and oxygen atoms in total. The van der Waals surface area contributed by atoms with Gasteiger partial charge in [-0.15, -0.1) is 11.3 Å². The third-order valence-corrected chi connectivity index (χ3v) is 3.37. The quantitative estimate of drug-likeness (QED) is 0.837. The van der Waals surface area contributed by atoms with Gasteiger partial charge in [0, 0.05) is 24.0 Å². The summed E-state index contributed by atoms with van der Waals surface area (Å²) in [6, 6.07) is 0. The first-order valence-electron chi connectivity index (χ1n) is 5.50. The Bertz CT molecular complexity index is 421. The lowest BCUT2D eigenvalue weighted by Crippen LogP contribution is -2.13. The van der Waals surface area contributed by atoms with Crippen molar-refractivity contribution in [2.45, 2.75) is 25.7 Å². The Morgan fingerprint density at radius 1 is 1.50 bits per heavy atom. The monoisotopic (exact) mass is 236 g/mol. The maximum absolute atomic E-state index is 5.75. The number of hydrogen-bond acceptors (Lipinski definition) is 4. The van der Waals surface area contributed by atoms with Crippen LogP contribution in [0, 0.1) is 0 Å². The molecule has 1 atom stereocenters. The Morgan fingerprint density at radius 3 is 3.00 bits per heavy atom. The van der Waals surface area contributed by atoms with Crippen molar-refractivity contribution in [1.29, 1.82) is 0 Å². The number of nitrogens with two attached hydrogens (primary N) is 1. The minimum atomic E-state index is 0.332. The SMILES string of the molecule is CCCC(CN)c1ncc(-c2nccs2)[nH]1. The summed E-state index contributed by atoms with van der Waals surface area (Å²) in [5, 5.41) is 2.94. The molecule has 0 amide bonds. The lowest BCUT2D eigenvalue weighted by Gasteiger charge is -2.09. The first kappa shape index (κ1) is 11.3. The van der Waals surface area contributed by atoms with Gasteiger partial charge in [-0.1, -0.05) is 13.3 Å². The van der Waals surface area contributed by atoms with Gasteiger partial charge in [-0.05, 0) is 6.42 Å². The second kappa shape index (κ2) is 5.23. The van der Waals surface area contributed by atoms with Crippen LogP contribution in [0.4, 0.5) is 0 Å². The van der Waals surface area contributed by atoms with Crippen LogP contribution in [-0.2, 0) is 0 Å². The van der Waals surface area contributed by atoms with Crippen LogP contribution in [0.25, 0.3) is 10.7 Å². The van der Waals surface area contributed by atoms with E-state index >= 15 is 0 Å². The topological polar surface area (TPSA) is 67.6 Å². The van der Waals surface area contributed by atoms with Crippen LogP contribution in [0.15, 0.2) is 17.8 Å². The van der Waals surface area contributed by atoms with E-state index in [4.69, 9.17) is 5.73 Å². The molecule has 2 rings (SSSR count). The highest BCUT2D eigenvalue weighted by atomic mass is 32.1. The number of H-pyrrole nitrogens is 1. The highest BCUT2D eigenvalue weighted by molar-refractivity contribution is 7.13. The van der Waals surface area contributed by atoms with Gasteiger partial charge in [0.05, 0.1) is 11.9 Å². The molecule has 0 fully saturated rings. The Morgan fingerprint density at radius 2 is 2.38 bits per heavy atom. The second-order valence-corrected chi connectivity index (χ2v) is 4.64. The molecule has 0 bridgehead atoms. The lowest BCUT2D eigenvalue weighted by atomic mass is 10.0. The molecule has 0 aliphatic rings. The maximum atomic E-state index is 5.75. The van der Waals surface area contributed by atoms with Gasteiger partial charge in [0.25, 0.3) is 0 Å². The van der Waals surface area contributed by atoms with Gasteiger partial charge >= 0.3 is 0 Å². The molecular weight excluding hydrogens is 220 g/mol. The molecule has 1 unspecified atom stereocenters. The molecule has 0 aromatic carbocycles. The van der Waals surface area contributed by atoms with Gasteiger partial charge in [0.1, 0.15) is 10.8 Å². The molecule has 2 heterocycles. The van der Waals surface area contributed by atoms with E-state index in [2.05, 4.69) is 21.9 Å². The predicted molar refractivity (Wildman–Crippen MR) is 66.4 cm³/mol. The van der Waals surface area contributed by atoms with Crippen molar-refractivity contribution in [2.75, 3.05) is 6.54 Å². The molecule has 0 saturated carbocycles. The van der Waals surface area contributed by atoms with E-state index < -0.39 is 0 Å². The summed E-state index contributed by atoms with van der Waals surface area (Å²) in [5.74, 6) is 1.31. The highest BCUT2D eigenvalue weighted by Crippen LogP contribution is 2.23. The first-order valence-corrected chi connectivity index (χ1v) is 6.38. The molecule has 0 aliphatic carbocycles. The smallest absolute Gasteiger partial charge is 0.141 e. The van der Waals surface area contributed by atoms with Gasteiger partial charge in [-0.2, -0.15) is 0 Å². The molecule has 0 aliphatic heterocycles. The molecule has 0 spiro atoms. The Balaban J connectivity index is 2.18. The largest absolute Gasteiger partial charge is 0.340 e. The summed E-state index contributed by atoms with van der Waals surface area (Å²) in [5.41, 5.74) is 6.73. The summed E-state index contributed by atoms with van der Waals surface area (Å²) < 4.78 is 0. The molecule has 16 heavy (non-hydrogen) atoms. The number of nitrogens with zero attached hydrogens (tertiary/aromatic N) is 2. The lowest BCUT2D eigenvalue weighted by molar-refractivity contribution is 0.595. The fourth-order valence-corrected chi connectivity index (χ4v) is 2.33. The van der Waals surface area contributed by atoms with Crippen molar-refractivity contribution in [2.24, 2.45) is 5.73 Å². The van der Waals surface area contributed by atoms with Crippen molar-refractivity contribution in [3.8, 4) is 10.7 Å². The molecule has 3 N–H and O–H groups in total. The van der Waals surface area contributed by atoms with Crippen molar-refractivity contribution in [3.05, 3.63) is 23.6 Å². The summed E-state index contributed by atoms with van der Waals surface area (Å²) in [4.78, 5) is 11.9. The fourth-order valence-electron chi connectivity index (χ4n) is 1.72. The average Bonchev–Trinajstić information content (AvgIpc) is 2.95. The minimum Gasteiger partial charge on any atom is -0.340 e. The van der Waals surface area contributed by atoms with Crippen LogP contribution in [0.2, 0.25) is 0 Å². The van der Waals surface area contributed by atoms with E-state index in [1.54, 1.807) is 17.5 Å². The minimum absolute atomic E-state index is 0.332. The number of rotatable bonds is 5. The van der Waals surface area contributed by atoms with Crippen molar-refractivity contribution < 1.29 is 0 Å².